The second kappa shape index (κ2) is 9.42. The lowest BCUT2D eigenvalue weighted by atomic mass is 10.0. The molecule has 0 aromatic heterocycles. The molecule has 3 nitrogen and oxygen atoms in total. The largest absolute Gasteiger partial charge is 0.326 e. The van der Waals surface area contributed by atoms with Crippen LogP contribution in [0.2, 0.25) is 10.0 Å². The predicted molar refractivity (Wildman–Crippen MR) is 127 cm³/mol. The molecule has 0 bridgehead atoms. The fourth-order valence-corrected chi connectivity index (χ4v) is 4.91. The predicted octanol–water partition coefficient (Wildman–Crippen LogP) is 7.36. The summed E-state index contributed by atoms with van der Waals surface area (Å²) in [5.41, 5.74) is 0.690. The van der Waals surface area contributed by atoms with Gasteiger partial charge in [0.25, 0.3) is 0 Å². The molecule has 176 valence electrons. The number of benzene rings is 3. The number of hydrogen-bond donors (Lipinski definition) is 1. The Kier molecular flexibility index (Phi) is 6.89. The van der Waals surface area contributed by atoms with E-state index in [1.807, 2.05) is 0 Å². The molecule has 0 radical (unpaired) electrons. The smallest absolute Gasteiger partial charge is 0.231 e. The normalized spacial score (nSPS) is 18.4. The molecular formula is C24H14Cl4F3NO2. The highest BCUT2D eigenvalue weighted by Crippen LogP contribution is 2.65. The summed E-state index contributed by atoms with van der Waals surface area (Å²) in [5, 5.41) is 2.65. The van der Waals surface area contributed by atoms with Gasteiger partial charge in [-0.3, -0.25) is 9.59 Å². The van der Waals surface area contributed by atoms with Gasteiger partial charge in [-0.15, -0.1) is 23.2 Å². The van der Waals surface area contributed by atoms with Crippen LogP contribution in [0.3, 0.4) is 0 Å². The number of ketones is 1. The molecule has 0 saturated heterocycles. The lowest BCUT2D eigenvalue weighted by molar-refractivity contribution is -0.117. The third kappa shape index (κ3) is 4.91. The fourth-order valence-electron chi connectivity index (χ4n) is 3.74. The van der Waals surface area contributed by atoms with Crippen molar-refractivity contribution in [3.8, 4) is 0 Å². The first-order chi connectivity index (χ1) is 16.0. The third-order valence-electron chi connectivity index (χ3n) is 5.54. The zero-order chi connectivity index (χ0) is 24.8. The number of alkyl halides is 2. The zero-order valence-corrected chi connectivity index (χ0v) is 20.0. The molecule has 0 aliphatic heterocycles. The lowest BCUT2D eigenvalue weighted by Crippen LogP contribution is -2.17. The number of Topliss-reactive ketones (excluding diaryl/α,β-unsaturated/α-hetero) is 1. The Bertz CT molecular complexity index is 1320. The van der Waals surface area contributed by atoms with E-state index in [0.29, 0.717) is 11.6 Å². The molecule has 34 heavy (non-hydrogen) atoms. The van der Waals surface area contributed by atoms with Crippen molar-refractivity contribution in [2.24, 2.45) is 5.92 Å². The van der Waals surface area contributed by atoms with Crippen molar-refractivity contribution in [3.05, 3.63) is 98.8 Å². The first-order valence-corrected chi connectivity index (χ1v) is 11.4. The van der Waals surface area contributed by atoms with Gasteiger partial charge in [-0.05, 0) is 47.5 Å². The van der Waals surface area contributed by atoms with Gasteiger partial charge in [-0.2, -0.15) is 0 Å². The van der Waals surface area contributed by atoms with Gasteiger partial charge in [-0.25, -0.2) is 13.2 Å². The topological polar surface area (TPSA) is 46.2 Å². The molecule has 0 heterocycles. The summed E-state index contributed by atoms with van der Waals surface area (Å²) in [6.45, 7) is 0. The first kappa shape index (κ1) is 24.9. The number of amides is 1. The van der Waals surface area contributed by atoms with Crippen LogP contribution in [0.1, 0.15) is 27.4 Å². The van der Waals surface area contributed by atoms with Gasteiger partial charge in [0.2, 0.25) is 5.91 Å². The van der Waals surface area contributed by atoms with E-state index in [0.717, 1.165) is 6.07 Å². The van der Waals surface area contributed by atoms with Crippen LogP contribution in [0.5, 0.6) is 0 Å². The van der Waals surface area contributed by atoms with E-state index < -0.39 is 45.3 Å². The highest BCUT2D eigenvalue weighted by Gasteiger charge is 2.67. The van der Waals surface area contributed by atoms with Gasteiger partial charge in [0.1, 0.15) is 21.8 Å². The molecule has 10 heteroatoms. The van der Waals surface area contributed by atoms with E-state index >= 15 is 0 Å². The Labute approximate surface area is 212 Å². The average molecular weight is 547 g/mol. The maximum atomic E-state index is 13.9. The van der Waals surface area contributed by atoms with E-state index in [-0.39, 0.29) is 33.3 Å². The van der Waals surface area contributed by atoms with Crippen LogP contribution >= 0.6 is 46.4 Å². The molecule has 3 aromatic carbocycles. The highest BCUT2D eigenvalue weighted by atomic mass is 35.5. The molecule has 1 aliphatic rings. The highest BCUT2D eigenvalue weighted by molar-refractivity contribution is 6.53. The number of carbonyl (C=O) groups excluding carboxylic acids is 2. The maximum absolute atomic E-state index is 13.9. The van der Waals surface area contributed by atoms with Crippen LogP contribution in [0.15, 0.2) is 54.6 Å². The molecule has 2 unspecified atom stereocenters. The SMILES string of the molecule is O=C(Cc1ccc(F)cc1F)c1cc(NC(=O)C2C(c3ccc(Cl)c(F)c3)C2(Cl)Cl)ccc1Cl. The quantitative estimate of drug-likeness (QED) is 0.259. The summed E-state index contributed by atoms with van der Waals surface area (Å²) >= 11 is 24.4. The van der Waals surface area contributed by atoms with E-state index in [9.17, 15) is 22.8 Å². The average Bonchev–Trinajstić information content (AvgIpc) is 3.35. The van der Waals surface area contributed by atoms with Gasteiger partial charge in [0, 0.05) is 29.7 Å². The van der Waals surface area contributed by atoms with Crippen molar-refractivity contribution in [3.63, 3.8) is 0 Å². The number of hydrogen-bond acceptors (Lipinski definition) is 2. The van der Waals surface area contributed by atoms with Gasteiger partial charge >= 0.3 is 0 Å². The summed E-state index contributed by atoms with van der Waals surface area (Å²) in [5.74, 6) is -4.91. The Morgan fingerprint density at radius 2 is 1.59 bits per heavy atom. The second-order valence-corrected chi connectivity index (χ2v) is 10.1. The van der Waals surface area contributed by atoms with Gasteiger partial charge in [0.05, 0.1) is 16.0 Å². The van der Waals surface area contributed by atoms with E-state index in [1.165, 1.54) is 42.5 Å². The summed E-state index contributed by atoms with van der Waals surface area (Å²) < 4.78 is 39.4. The molecule has 3 aromatic rings. The van der Waals surface area contributed by atoms with Crippen molar-refractivity contribution in [1.82, 2.24) is 0 Å². The van der Waals surface area contributed by atoms with Crippen LogP contribution in [-0.4, -0.2) is 16.0 Å². The molecular weight excluding hydrogens is 533 g/mol. The molecule has 1 fully saturated rings. The summed E-state index contributed by atoms with van der Waals surface area (Å²) in [6, 6.07) is 11.2. The number of carbonyl (C=O) groups is 2. The van der Waals surface area contributed by atoms with Crippen LogP contribution < -0.4 is 5.32 Å². The Morgan fingerprint density at radius 1 is 0.882 bits per heavy atom. The zero-order valence-electron chi connectivity index (χ0n) is 17.0. The molecule has 1 saturated carbocycles. The first-order valence-electron chi connectivity index (χ1n) is 9.89. The molecule has 1 N–H and O–H groups in total. The minimum absolute atomic E-state index is 0.00184. The maximum Gasteiger partial charge on any atom is 0.231 e. The molecule has 0 spiro atoms. The van der Waals surface area contributed by atoms with E-state index in [2.05, 4.69) is 5.32 Å². The standard InChI is InChI=1S/C24H14Cl4F3NO2/c25-16-6-4-14(10-15(16)20(33)8-11-1-3-13(29)9-18(11)30)32-23(34)22-21(24(22,27)28)12-2-5-17(26)19(31)7-12/h1-7,9-10,21-22H,8H2,(H,32,34). The molecule has 1 aliphatic carbocycles. The lowest BCUT2D eigenvalue weighted by Gasteiger charge is -2.10. The monoisotopic (exact) mass is 545 g/mol. The van der Waals surface area contributed by atoms with Crippen molar-refractivity contribution in [2.75, 3.05) is 5.32 Å². The summed E-state index contributed by atoms with van der Waals surface area (Å²) in [7, 11) is 0. The van der Waals surface area contributed by atoms with E-state index in [1.54, 1.807) is 0 Å². The fraction of sp³-hybridized carbons (Fsp3) is 0.167. The number of rotatable bonds is 6. The minimum Gasteiger partial charge on any atom is -0.326 e. The minimum atomic E-state index is -1.46. The van der Waals surface area contributed by atoms with Crippen LogP contribution in [0.25, 0.3) is 0 Å². The van der Waals surface area contributed by atoms with Crippen LogP contribution in [0.4, 0.5) is 18.9 Å². The Morgan fingerprint density at radius 3 is 2.26 bits per heavy atom. The summed E-state index contributed by atoms with van der Waals surface area (Å²) in [4.78, 5) is 25.6. The van der Waals surface area contributed by atoms with Crippen LogP contribution in [-0.2, 0) is 11.2 Å². The number of nitrogens with one attached hydrogen (secondary N) is 1. The van der Waals surface area contributed by atoms with Crippen LogP contribution in [0, 0.1) is 23.4 Å². The Hall–Kier alpha value is -2.25. The number of halogens is 7. The molecule has 1 amide bonds. The summed E-state index contributed by atoms with van der Waals surface area (Å²) in [6.07, 6.45) is -0.359. The Balaban J connectivity index is 1.51. The second-order valence-electron chi connectivity index (χ2n) is 7.82. The van der Waals surface area contributed by atoms with Crippen molar-refractivity contribution < 1.29 is 22.8 Å². The van der Waals surface area contributed by atoms with Gasteiger partial charge in [-0.1, -0.05) is 35.3 Å². The number of anilines is 1. The molecule has 4 rings (SSSR count). The van der Waals surface area contributed by atoms with Crippen molar-refractivity contribution >= 4 is 63.8 Å². The van der Waals surface area contributed by atoms with Gasteiger partial charge < -0.3 is 5.32 Å². The van der Waals surface area contributed by atoms with Crippen molar-refractivity contribution in [2.45, 2.75) is 16.7 Å². The third-order valence-corrected chi connectivity index (χ3v) is 7.12. The van der Waals surface area contributed by atoms with Crippen molar-refractivity contribution in [1.29, 1.82) is 0 Å². The van der Waals surface area contributed by atoms with Gasteiger partial charge in [0.15, 0.2) is 5.78 Å². The van der Waals surface area contributed by atoms with E-state index in [4.69, 9.17) is 46.4 Å². The molecule has 2 atom stereocenters.